The van der Waals surface area contributed by atoms with Gasteiger partial charge in [-0.25, -0.2) is 13.4 Å². The van der Waals surface area contributed by atoms with Crippen molar-refractivity contribution in [1.82, 2.24) is 9.29 Å². The topological polar surface area (TPSA) is 82.6 Å². The lowest BCUT2D eigenvalue weighted by molar-refractivity contribution is -0.111. The molecule has 1 amide bonds. The molecule has 1 aromatic heterocycles. The minimum Gasteiger partial charge on any atom is -0.354 e. The number of carbonyl (C=O) groups is 1. The summed E-state index contributed by atoms with van der Waals surface area (Å²) in [7, 11) is -3.59. The smallest absolute Gasteiger partial charge is 0.247 e. The van der Waals surface area contributed by atoms with E-state index in [4.69, 9.17) is 11.6 Å². The number of benzene rings is 1. The Morgan fingerprint density at radius 3 is 2.33 bits per heavy atom. The number of halogens is 1. The maximum Gasteiger partial charge on any atom is 0.247 e. The molecule has 0 spiro atoms. The van der Waals surface area contributed by atoms with Crippen molar-refractivity contribution >= 4 is 39.0 Å². The van der Waals surface area contributed by atoms with Crippen LogP contribution in [0.25, 0.3) is 0 Å². The lowest BCUT2D eigenvalue weighted by Crippen LogP contribution is -2.48. The van der Waals surface area contributed by atoms with Gasteiger partial charge in [0.2, 0.25) is 15.9 Å². The molecule has 0 saturated carbocycles. The van der Waals surface area contributed by atoms with Crippen LogP contribution in [-0.4, -0.2) is 49.8 Å². The van der Waals surface area contributed by atoms with Gasteiger partial charge in [0.05, 0.1) is 9.92 Å². The molecule has 2 aromatic rings. The maximum atomic E-state index is 12.8. The lowest BCUT2D eigenvalue weighted by Gasteiger charge is -2.34. The van der Waals surface area contributed by atoms with Gasteiger partial charge < -0.3 is 10.2 Å². The van der Waals surface area contributed by atoms with E-state index in [0.717, 1.165) is 11.9 Å². The highest BCUT2D eigenvalue weighted by atomic mass is 35.5. The van der Waals surface area contributed by atoms with Gasteiger partial charge in [0.25, 0.3) is 0 Å². The minimum atomic E-state index is -3.59. The fraction of sp³-hybridized carbons (Fsp3) is 0.222. The van der Waals surface area contributed by atoms with Gasteiger partial charge in [-0.1, -0.05) is 18.2 Å². The normalized spacial score (nSPS) is 15.4. The van der Waals surface area contributed by atoms with E-state index in [2.05, 4.69) is 16.9 Å². The highest BCUT2D eigenvalue weighted by Gasteiger charge is 2.28. The number of hydrogen-bond acceptors (Lipinski definition) is 5. The van der Waals surface area contributed by atoms with E-state index >= 15 is 0 Å². The summed E-state index contributed by atoms with van der Waals surface area (Å²) in [5.74, 6) is 0.427. The summed E-state index contributed by atoms with van der Waals surface area (Å²) in [5, 5.41) is 3.15. The molecule has 1 aliphatic rings. The highest BCUT2D eigenvalue weighted by molar-refractivity contribution is 7.89. The van der Waals surface area contributed by atoms with Crippen LogP contribution in [0.3, 0.4) is 0 Å². The molecule has 1 fully saturated rings. The fourth-order valence-corrected chi connectivity index (χ4v) is 4.30. The van der Waals surface area contributed by atoms with Crippen molar-refractivity contribution in [1.29, 1.82) is 0 Å². The van der Waals surface area contributed by atoms with Crippen molar-refractivity contribution in [3.8, 4) is 0 Å². The fourth-order valence-electron chi connectivity index (χ4n) is 2.77. The first-order chi connectivity index (χ1) is 12.9. The van der Waals surface area contributed by atoms with Crippen LogP contribution in [0.5, 0.6) is 0 Å². The van der Waals surface area contributed by atoms with Gasteiger partial charge in [-0.05, 0) is 42.5 Å². The van der Waals surface area contributed by atoms with Crippen molar-refractivity contribution in [2.45, 2.75) is 4.90 Å². The molecular formula is C18H19ClN4O3S. The first kappa shape index (κ1) is 19.3. The molecule has 1 saturated heterocycles. The van der Waals surface area contributed by atoms with Crippen LogP contribution in [0.2, 0.25) is 5.02 Å². The second-order valence-corrected chi connectivity index (χ2v) is 8.32. The Morgan fingerprint density at radius 2 is 1.78 bits per heavy atom. The third-order valence-corrected chi connectivity index (χ3v) is 6.36. The van der Waals surface area contributed by atoms with Crippen molar-refractivity contribution in [3.05, 3.63) is 60.3 Å². The van der Waals surface area contributed by atoms with E-state index in [0.29, 0.717) is 36.9 Å². The van der Waals surface area contributed by atoms with Gasteiger partial charge in [0.1, 0.15) is 5.82 Å². The Hall–Kier alpha value is -2.42. The first-order valence-electron chi connectivity index (χ1n) is 8.30. The molecule has 1 aliphatic heterocycles. The third kappa shape index (κ3) is 4.47. The third-order valence-electron chi connectivity index (χ3n) is 4.22. The zero-order chi connectivity index (χ0) is 19.4. The van der Waals surface area contributed by atoms with Crippen LogP contribution in [-0.2, 0) is 14.8 Å². The average Bonchev–Trinajstić information content (AvgIpc) is 2.69. The predicted octanol–water partition coefficient (Wildman–Crippen LogP) is 2.37. The second-order valence-electron chi connectivity index (χ2n) is 5.94. The van der Waals surface area contributed by atoms with Gasteiger partial charge in [-0.2, -0.15) is 4.31 Å². The van der Waals surface area contributed by atoms with E-state index in [1.807, 2.05) is 11.0 Å². The van der Waals surface area contributed by atoms with E-state index in [1.54, 1.807) is 24.4 Å². The number of carbonyl (C=O) groups excluding carboxylic acids is 1. The second kappa shape index (κ2) is 8.08. The number of nitrogens with one attached hydrogen (secondary N) is 1. The van der Waals surface area contributed by atoms with E-state index in [1.165, 1.54) is 16.4 Å². The van der Waals surface area contributed by atoms with Crippen molar-refractivity contribution in [2.24, 2.45) is 0 Å². The molecule has 1 N–H and O–H groups in total. The molecule has 1 aromatic carbocycles. The number of hydrogen-bond donors (Lipinski definition) is 1. The standard InChI is InChI=1S/C18H19ClN4O3S/c1-2-18(24)21-15-4-6-16(7-5-15)27(25,26)23-11-9-22(10-12-23)17-8-3-14(19)13-20-17/h2-8,13H,1,9-12H2,(H,21,24). The quantitative estimate of drug-likeness (QED) is 0.771. The number of pyridine rings is 1. The van der Waals surface area contributed by atoms with E-state index in [-0.39, 0.29) is 10.8 Å². The Kier molecular flexibility index (Phi) is 5.79. The summed E-state index contributed by atoms with van der Waals surface area (Å²) in [6.45, 7) is 5.19. The number of aromatic nitrogens is 1. The molecular weight excluding hydrogens is 388 g/mol. The Labute approximate surface area is 163 Å². The summed E-state index contributed by atoms with van der Waals surface area (Å²) in [6, 6.07) is 9.68. The summed E-state index contributed by atoms with van der Waals surface area (Å²) in [6.07, 6.45) is 2.73. The largest absolute Gasteiger partial charge is 0.354 e. The number of amides is 1. The average molecular weight is 407 g/mol. The van der Waals surface area contributed by atoms with E-state index in [9.17, 15) is 13.2 Å². The van der Waals surface area contributed by atoms with Crippen LogP contribution in [0.4, 0.5) is 11.5 Å². The van der Waals surface area contributed by atoms with Crippen molar-refractivity contribution in [3.63, 3.8) is 0 Å². The summed E-state index contributed by atoms with van der Waals surface area (Å²) < 4.78 is 27.1. The van der Waals surface area contributed by atoms with Crippen LogP contribution in [0.1, 0.15) is 0 Å². The molecule has 0 unspecified atom stereocenters. The zero-order valence-electron chi connectivity index (χ0n) is 14.5. The SMILES string of the molecule is C=CC(=O)Nc1ccc(S(=O)(=O)N2CCN(c3ccc(Cl)cn3)CC2)cc1. The molecule has 9 heteroatoms. The number of rotatable bonds is 5. The monoisotopic (exact) mass is 406 g/mol. The Balaban J connectivity index is 1.66. The number of sulfonamides is 1. The van der Waals surface area contributed by atoms with Crippen LogP contribution < -0.4 is 10.2 Å². The van der Waals surface area contributed by atoms with Gasteiger partial charge in [0, 0.05) is 38.1 Å². The van der Waals surface area contributed by atoms with Crippen LogP contribution in [0.15, 0.2) is 60.1 Å². The lowest BCUT2D eigenvalue weighted by atomic mass is 10.3. The zero-order valence-corrected chi connectivity index (χ0v) is 16.1. The molecule has 142 valence electrons. The van der Waals surface area contributed by atoms with Gasteiger partial charge in [-0.3, -0.25) is 4.79 Å². The molecule has 0 aliphatic carbocycles. The predicted molar refractivity (Wildman–Crippen MR) is 105 cm³/mol. The number of piperazine rings is 1. The Morgan fingerprint density at radius 1 is 1.11 bits per heavy atom. The highest BCUT2D eigenvalue weighted by Crippen LogP contribution is 2.22. The van der Waals surface area contributed by atoms with Gasteiger partial charge in [0.15, 0.2) is 0 Å². The molecule has 0 atom stereocenters. The summed E-state index contributed by atoms with van der Waals surface area (Å²) >= 11 is 5.85. The summed E-state index contributed by atoms with van der Waals surface area (Å²) in [4.78, 5) is 17.8. The Bertz CT molecular complexity index is 922. The van der Waals surface area contributed by atoms with Crippen LogP contribution in [0, 0.1) is 0 Å². The van der Waals surface area contributed by atoms with Crippen molar-refractivity contribution < 1.29 is 13.2 Å². The molecule has 2 heterocycles. The maximum absolute atomic E-state index is 12.8. The molecule has 0 radical (unpaired) electrons. The number of nitrogens with zero attached hydrogens (tertiary/aromatic N) is 3. The molecule has 0 bridgehead atoms. The summed E-state index contributed by atoms with van der Waals surface area (Å²) in [5.41, 5.74) is 0.512. The molecule has 3 rings (SSSR count). The minimum absolute atomic E-state index is 0.192. The van der Waals surface area contributed by atoms with Gasteiger partial charge >= 0.3 is 0 Å². The molecule has 27 heavy (non-hydrogen) atoms. The van der Waals surface area contributed by atoms with Gasteiger partial charge in [-0.15, -0.1) is 0 Å². The van der Waals surface area contributed by atoms with E-state index < -0.39 is 10.0 Å². The number of anilines is 2. The van der Waals surface area contributed by atoms with Crippen molar-refractivity contribution in [2.75, 3.05) is 36.4 Å². The molecule has 7 nitrogen and oxygen atoms in total. The first-order valence-corrected chi connectivity index (χ1v) is 10.1. The van der Waals surface area contributed by atoms with Crippen LogP contribution >= 0.6 is 11.6 Å².